The third-order valence-corrected chi connectivity index (χ3v) is 4.78. The van der Waals surface area contributed by atoms with Gasteiger partial charge in [-0.3, -0.25) is 9.59 Å². The number of carbonyl (C=O) groups is 4. The lowest BCUT2D eigenvalue weighted by Crippen LogP contribution is -2.38. The largest absolute Gasteiger partial charge is 0.490 e. The van der Waals surface area contributed by atoms with Crippen LogP contribution in [0.15, 0.2) is 86.0 Å². The van der Waals surface area contributed by atoms with E-state index >= 15 is 0 Å². The van der Waals surface area contributed by atoms with E-state index < -0.39 is 37.0 Å². The van der Waals surface area contributed by atoms with Crippen LogP contribution in [0, 0.1) is 0 Å². The van der Waals surface area contributed by atoms with E-state index in [2.05, 4.69) is 23.8 Å². The fraction of sp³-hybridized carbons (Fsp3) is 0.200. The lowest BCUT2D eigenvalue weighted by Gasteiger charge is -2.07. The molecule has 0 unspecified atom stereocenters. The first-order valence-electron chi connectivity index (χ1n) is 12.3. The highest BCUT2D eigenvalue weighted by Gasteiger charge is 2.07. The lowest BCUT2D eigenvalue weighted by molar-refractivity contribution is -0.144. The Morgan fingerprint density at radius 1 is 0.625 bits per heavy atom. The number of hydrogen-bond acceptors (Lipinski definition) is 8. The lowest BCUT2D eigenvalue weighted by atomic mass is 10.2. The third-order valence-electron chi connectivity index (χ3n) is 4.78. The van der Waals surface area contributed by atoms with Crippen molar-refractivity contribution < 1.29 is 38.1 Å². The zero-order valence-electron chi connectivity index (χ0n) is 22.0. The van der Waals surface area contributed by atoms with Crippen LogP contribution in [0.5, 0.6) is 11.5 Å². The topological polar surface area (TPSA) is 129 Å². The van der Waals surface area contributed by atoms with Crippen molar-refractivity contribution in [2.75, 3.05) is 39.5 Å². The fourth-order valence-electron chi connectivity index (χ4n) is 2.86. The van der Waals surface area contributed by atoms with Gasteiger partial charge in [-0.2, -0.15) is 0 Å². The van der Waals surface area contributed by atoms with Crippen LogP contribution in [0.25, 0.3) is 12.2 Å². The van der Waals surface area contributed by atoms with Gasteiger partial charge in [-0.1, -0.05) is 49.6 Å². The second kappa shape index (κ2) is 18.2. The van der Waals surface area contributed by atoms with Crippen LogP contribution in [0.3, 0.4) is 0 Å². The summed E-state index contributed by atoms with van der Waals surface area (Å²) >= 11 is 0. The molecule has 0 saturated carbocycles. The van der Waals surface area contributed by atoms with Crippen molar-refractivity contribution in [1.82, 2.24) is 10.6 Å². The van der Waals surface area contributed by atoms with Crippen LogP contribution in [-0.4, -0.2) is 63.3 Å². The van der Waals surface area contributed by atoms with Crippen LogP contribution >= 0.6 is 0 Å². The highest BCUT2D eigenvalue weighted by Crippen LogP contribution is 2.14. The number of rotatable bonds is 17. The van der Waals surface area contributed by atoms with Crippen molar-refractivity contribution in [2.24, 2.45) is 0 Å². The standard InChI is InChI=1S/C30H32N2O8/c1-3-19-37-25-11-5-23(6-12-25)9-15-29(35)39-21-27(33)31-17-18-32-28(34)22-40-30(36)16-10-24-7-13-26(14-8-24)38-20-4-2/h3-16H,1-2,17-22H2,(H,31,33)(H,32,34). The summed E-state index contributed by atoms with van der Waals surface area (Å²) in [5, 5.41) is 5.00. The zero-order chi connectivity index (χ0) is 29.0. The van der Waals surface area contributed by atoms with Crippen molar-refractivity contribution >= 4 is 35.9 Å². The Morgan fingerprint density at radius 3 is 1.35 bits per heavy atom. The minimum absolute atomic E-state index is 0.0958. The maximum absolute atomic E-state index is 11.8. The van der Waals surface area contributed by atoms with E-state index in [1.54, 1.807) is 72.8 Å². The van der Waals surface area contributed by atoms with Gasteiger partial charge in [0.05, 0.1) is 0 Å². The number of esters is 2. The molecule has 2 amide bonds. The quantitative estimate of drug-likeness (QED) is 0.134. The Morgan fingerprint density at radius 2 is 1.00 bits per heavy atom. The van der Waals surface area contributed by atoms with E-state index in [0.29, 0.717) is 24.7 Å². The van der Waals surface area contributed by atoms with Crippen molar-refractivity contribution in [3.8, 4) is 11.5 Å². The van der Waals surface area contributed by atoms with Crippen LogP contribution in [0.1, 0.15) is 11.1 Å². The predicted octanol–water partition coefficient (Wildman–Crippen LogP) is 2.86. The monoisotopic (exact) mass is 548 g/mol. The Labute approximate surface area is 232 Å². The molecule has 0 radical (unpaired) electrons. The van der Waals surface area contributed by atoms with Gasteiger partial charge in [-0.25, -0.2) is 9.59 Å². The molecule has 210 valence electrons. The van der Waals surface area contributed by atoms with Gasteiger partial charge >= 0.3 is 11.9 Å². The van der Waals surface area contributed by atoms with Gasteiger partial charge in [0.1, 0.15) is 24.7 Å². The second-order valence-corrected chi connectivity index (χ2v) is 7.92. The first kappa shape index (κ1) is 31.1. The molecule has 0 bridgehead atoms. The molecule has 0 spiro atoms. The first-order valence-corrected chi connectivity index (χ1v) is 12.3. The summed E-state index contributed by atoms with van der Waals surface area (Å²) in [5.41, 5.74) is 1.51. The molecule has 10 heteroatoms. The molecule has 2 rings (SSSR count). The molecule has 2 aromatic rings. The molecule has 0 saturated heterocycles. The van der Waals surface area contributed by atoms with E-state index in [1.165, 1.54) is 12.2 Å². The highest BCUT2D eigenvalue weighted by molar-refractivity contribution is 5.90. The van der Waals surface area contributed by atoms with E-state index in [-0.39, 0.29) is 13.1 Å². The van der Waals surface area contributed by atoms with Gasteiger partial charge in [0.2, 0.25) is 0 Å². The molecule has 0 aliphatic carbocycles. The molecule has 0 atom stereocenters. The van der Waals surface area contributed by atoms with Crippen LogP contribution < -0.4 is 20.1 Å². The van der Waals surface area contributed by atoms with Crippen molar-refractivity contribution in [1.29, 1.82) is 0 Å². The highest BCUT2D eigenvalue weighted by atomic mass is 16.5. The van der Waals surface area contributed by atoms with Gasteiger partial charge in [0.25, 0.3) is 11.8 Å². The molecule has 0 aromatic heterocycles. The first-order chi connectivity index (χ1) is 19.4. The summed E-state index contributed by atoms with van der Waals surface area (Å²) < 4.78 is 20.5. The summed E-state index contributed by atoms with van der Waals surface area (Å²) in [7, 11) is 0. The van der Waals surface area contributed by atoms with Crippen molar-refractivity contribution in [3.63, 3.8) is 0 Å². The third kappa shape index (κ3) is 13.4. The Bertz CT molecular complexity index is 1110. The number of benzene rings is 2. The van der Waals surface area contributed by atoms with Gasteiger partial charge in [0.15, 0.2) is 13.2 Å². The van der Waals surface area contributed by atoms with Crippen molar-refractivity contribution in [3.05, 3.63) is 97.1 Å². The predicted molar refractivity (Wildman–Crippen MR) is 150 cm³/mol. The SMILES string of the molecule is C=CCOc1ccc(C=CC(=O)OCC(=O)NCCNC(=O)COC(=O)C=Cc2ccc(OCC=C)cc2)cc1. The van der Waals surface area contributed by atoms with Gasteiger partial charge in [0, 0.05) is 25.2 Å². The number of nitrogens with one attached hydrogen (secondary N) is 2. The molecule has 10 nitrogen and oxygen atoms in total. The number of carbonyl (C=O) groups excluding carboxylic acids is 4. The second-order valence-electron chi connectivity index (χ2n) is 7.92. The molecule has 0 aliphatic heterocycles. The van der Waals surface area contributed by atoms with E-state index in [4.69, 9.17) is 18.9 Å². The zero-order valence-corrected chi connectivity index (χ0v) is 22.0. The summed E-state index contributed by atoms with van der Waals surface area (Å²) in [6, 6.07) is 14.1. The Kier molecular flexibility index (Phi) is 14.1. The maximum Gasteiger partial charge on any atom is 0.331 e. The molecular weight excluding hydrogens is 516 g/mol. The average molecular weight is 549 g/mol. The normalized spacial score (nSPS) is 10.5. The van der Waals surface area contributed by atoms with Crippen LogP contribution in [-0.2, 0) is 28.7 Å². The molecular formula is C30H32N2O8. The summed E-state index contributed by atoms with van der Waals surface area (Å²) in [5.74, 6) is -1.07. The van der Waals surface area contributed by atoms with E-state index in [1.807, 2.05) is 0 Å². The molecule has 0 heterocycles. The van der Waals surface area contributed by atoms with E-state index in [0.717, 1.165) is 11.1 Å². The minimum Gasteiger partial charge on any atom is -0.490 e. The van der Waals surface area contributed by atoms with E-state index in [9.17, 15) is 19.2 Å². The smallest absolute Gasteiger partial charge is 0.331 e. The van der Waals surface area contributed by atoms with Crippen LogP contribution in [0.4, 0.5) is 0 Å². The molecule has 0 aliphatic rings. The molecule has 2 N–H and O–H groups in total. The Hall–Kier alpha value is -5.12. The van der Waals surface area contributed by atoms with Crippen LogP contribution in [0.2, 0.25) is 0 Å². The van der Waals surface area contributed by atoms with Gasteiger partial charge in [-0.05, 0) is 47.5 Å². The molecule has 0 fully saturated rings. The Balaban J connectivity index is 1.55. The minimum atomic E-state index is -0.680. The summed E-state index contributed by atoms with van der Waals surface area (Å²) in [4.78, 5) is 47.3. The fourth-order valence-corrected chi connectivity index (χ4v) is 2.86. The van der Waals surface area contributed by atoms with Gasteiger partial charge < -0.3 is 29.6 Å². The summed E-state index contributed by atoms with van der Waals surface area (Å²) in [6.45, 7) is 7.20. The van der Waals surface area contributed by atoms with Crippen molar-refractivity contribution in [2.45, 2.75) is 0 Å². The maximum atomic E-state index is 11.8. The average Bonchev–Trinajstić information content (AvgIpc) is 2.97. The number of ether oxygens (including phenoxy) is 4. The van der Waals surface area contributed by atoms with Gasteiger partial charge in [-0.15, -0.1) is 0 Å². The molecule has 40 heavy (non-hydrogen) atoms. The summed E-state index contributed by atoms with van der Waals surface area (Å²) in [6.07, 6.45) is 8.79. The molecule has 2 aromatic carbocycles. The number of hydrogen-bond donors (Lipinski definition) is 2. The number of amides is 2.